The van der Waals surface area contributed by atoms with Crippen LogP contribution in [0.1, 0.15) is 6.92 Å². The summed E-state index contributed by atoms with van der Waals surface area (Å²) in [5.41, 5.74) is 5.28. The van der Waals surface area contributed by atoms with E-state index in [0.29, 0.717) is 0 Å². The molecule has 1 amide bonds. The molecule has 1 aromatic carbocycles. The normalized spacial score (nSPS) is 11.6. The minimum Gasteiger partial charge on any atom is -0.464 e. The molecule has 0 fully saturated rings. The molecule has 0 aliphatic rings. The van der Waals surface area contributed by atoms with Gasteiger partial charge in [-0.1, -0.05) is 11.6 Å². The van der Waals surface area contributed by atoms with Gasteiger partial charge in [0.1, 0.15) is 0 Å². The van der Waals surface area contributed by atoms with Crippen molar-refractivity contribution in [1.29, 1.82) is 0 Å². The molecule has 9 heteroatoms. The summed E-state index contributed by atoms with van der Waals surface area (Å²) in [4.78, 5) is 32.9. The van der Waals surface area contributed by atoms with Gasteiger partial charge in [-0.2, -0.15) is 0 Å². The molecule has 20 heavy (non-hydrogen) atoms. The van der Waals surface area contributed by atoms with E-state index >= 15 is 0 Å². The first-order chi connectivity index (χ1) is 9.36. The van der Waals surface area contributed by atoms with Crippen LogP contribution in [0.4, 0.5) is 11.4 Å². The summed E-state index contributed by atoms with van der Waals surface area (Å²) in [5.74, 6) is -1.69. The van der Waals surface area contributed by atoms with E-state index in [-0.39, 0.29) is 23.0 Å². The number of non-ortho nitro benzene ring substituents is 1. The Bertz CT molecular complexity index is 549. The van der Waals surface area contributed by atoms with Crippen molar-refractivity contribution in [3.05, 3.63) is 33.3 Å². The third kappa shape index (κ3) is 3.90. The van der Waals surface area contributed by atoms with Gasteiger partial charge in [0, 0.05) is 12.1 Å². The molecule has 8 nitrogen and oxygen atoms in total. The minimum atomic E-state index is -1.50. The molecule has 0 bridgehead atoms. The van der Waals surface area contributed by atoms with Crippen molar-refractivity contribution in [2.45, 2.75) is 13.0 Å². The quantitative estimate of drug-likeness (QED) is 0.363. The maximum Gasteiger partial charge on any atom is 0.332 e. The number of nitrogens with one attached hydrogen (secondary N) is 1. The number of carbonyl (C=O) groups excluding carboxylic acids is 2. The Morgan fingerprint density at radius 1 is 1.55 bits per heavy atom. The van der Waals surface area contributed by atoms with Crippen LogP contribution >= 0.6 is 11.6 Å². The van der Waals surface area contributed by atoms with E-state index in [0.717, 1.165) is 12.1 Å². The number of hydrogen-bond acceptors (Lipinski definition) is 6. The van der Waals surface area contributed by atoms with Gasteiger partial charge < -0.3 is 15.8 Å². The molecule has 1 rings (SSSR count). The number of nitrogens with two attached hydrogens (primary N) is 1. The Morgan fingerprint density at radius 3 is 2.70 bits per heavy atom. The van der Waals surface area contributed by atoms with Gasteiger partial charge in [0.2, 0.25) is 0 Å². The topological polar surface area (TPSA) is 125 Å². The van der Waals surface area contributed by atoms with Crippen molar-refractivity contribution < 1.29 is 19.2 Å². The average Bonchev–Trinajstić information content (AvgIpc) is 2.40. The lowest BCUT2D eigenvalue weighted by atomic mass is 10.2. The maximum absolute atomic E-state index is 11.7. The van der Waals surface area contributed by atoms with E-state index in [1.54, 1.807) is 6.92 Å². The van der Waals surface area contributed by atoms with Crippen LogP contribution in [0, 0.1) is 10.1 Å². The molecular formula is C11H12ClN3O5. The summed E-state index contributed by atoms with van der Waals surface area (Å²) in [7, 11) is 0. The Kier molecular flexibility index (Phi) is 5.42. The van der Waals surface area contributed by atoms with Gasteiger partial charge in [0.25, 0.3) is 11.6 Å². The standard InChI is InChI=1S/C11H12ClN3O5/c1-2-20-11(17)9(13)10(16)14-8-4-3-6(15(18)19)5-7(8)12/h3-5,9H,2,13H2,1H3,(H,14,16). The van der Waals surface area contributed by atoms with Gasteiger partial charge in [0.15, 0.2) is 6.04 Å². The van der Waals surface area contributed by atoms with Crippen LogP contribution in [0.25, 0.3) is 0 Å². The zero-order valence-corrected chi connectivity index (χ0v) is 11.2. The van der Waals surface area contributed by atoms with Crippen LogP contribution in [0.15, 0.2) is 18.2 Å². The predicted octanol–water partition coefficient (Wildman–Crippen LogP) is 1.08. The van der Waals surface area contributed by atoms with Gasteiger partial charge in [-0.15, -0.1) is 0 Å². The van der Waals surface area contributed by atoms with Crippen LogP contribution in [0.2, 0.25) is 5.02 Å². The number of ether oxygens (including phenoxy) is 1. The highest BCUT2D eigenvalue weighted by atomic mass is 35.5. The number of benzene rings is 1. The fraction of sp³-hybridized carbons (Fsp3) is 0.273. The third-order valence-corrected chi connectivity index (χ3v) is 2.56. The molecule has 1 unspecified atom stereocenters. The molecule has 1 aromatic rings. The monoisotopic (exact) mass is 301 g/mol. The lowest BCUT2D eigenvalue weighted by molar-refractivity contribution is -0.384. The Hall–Kier alpha value is -2.19. The molecule has 0 aromatic heterocycles. The molecule has 108 valence electrons. The van der Waals surface area contributed by atoms with Gasteiger partial charge in [-0.3, -0.25) is 14.9 Å². The highest BCUT2D eigenvalue weighted by Crippen LogP contribution is 2.26. The number of hydrogen-bond donors (Lipinski definition) is 2. The molecule has 0 saturated carbocycles. The Morgan fingerprint density at radius 2 is 2.20 bits per heavy atom. The zero-order valence-electron chi connectivity index (χ0n) is 10.5. The smallest absolute Gasteiger partial charge is 0.332 e. The van der Waals surface area contributed by atoms with Crippen molar-refractivity contribution in [1.82, 2.24) is 0 Å². The number of nitrogens with zero attached hydrogens (tertiary/aromatic N) is 1. The molecule has 0 spiro atoms. The Balaban J connectivity index is 2.81. The summed E-state index contributed by atoms with van der Waals surface area (Å²) in [6.07, 6.45) is 0. The largest absolute Gasteiger partial charge is 0.464 e. The number of rotatable bonds is 5. The fourth-order valence-corrected chi connectivity index (χ4v) is 1.49. The summed E-state index contributed by atoms with van der Waals surface area (Å²) in [5, 5.41) is 12.8. The van der Waals surface area contributed by atoms with E-state index < -0.39 is 22.8 Å². The van der Waals surface area contributed by atoms with Gasteiger partial charge in [-0.05, 0) is 13.0 Å². The van der Waals surface area contributed by atoms with Crippen LogP contribution in [0.3, 0.4) is 0 Å². The van der Waals surface area contributed by atoms with Crippen LogP contribution in [-0.4, -0.2) is 29.4 Å². The second kappa shape index (κ2) is 6.83. The Labute approximate surface area is 119 Å². The molecular weight excluding hydrogens is 290 g/mol. The van der Waals surface area contributed by atoms with Crippen molar-refractivity contribution in [2.75, 3.05) is 11.9 Å². The lowest BCUT2D eigenvalue weighted by Crippen LogP contribution is -2.43. The summed E-state index contributed by atoms with van der Waals surface area (Å²) >= 11 is 5.79. The number of halogens is 1. The SMILES string of the molecule is CCOC(=O)C(N)C(=O)Nc1ccc([N+](=O)[O-])cc1Cl. The summed E-state index contributed by atoms with van der Waals surface area (Å²) in [6.45, 7) is 1.67. The fourth-order valence-electron chi connectivity index (χ4n) is 1.27. The number of nitro groups is 1. The van der Waals surface area contributed by atoms with Gasteiger partial charge in [-0.25, -0.2) is 4.79 Å². The number of esters is 1. The van der Waals surface area contributed by atoms with E-state index in [1.165, 1.54) is 6.07 Å². The van der Waals surface area contributed by atoms with Crippen molar-refractivity contribution in [2.24, 2.45) is 5.73 Å². The average molecular weight is 302 g/mol. The first kappa shape index (κ1) is 15.9. The number of carbonyl (C=O) groups is 2. The number of amides is 1. The molecule has 0 heterocycles. The molecule has 1 atom stereocenters. The minimum absolute atomic E-state index is 0.0383. The summed E-state index contributed by atoms with van der Waals surface area (Å²) in [6, 6.07) is 1.99. The van der Waals surface area contributed by atoms with Gasteiger partial charge >= 0.3 is 5.97 Å². The second-order valence-corrected chi connectivity index (χ2v) is 4.05. The number of anilines is 1. The first-order valence-electron chi connectivity index (χ1n) is 5.53. The van der Waals surface area contributed by atoms with E-state index in [9.17, 15) is 19.7 Å². The van der Waals surface area contributed by atoms with Crippen LogP contribution in [0.5, 0.6) is 0 Å². The van der Waals surface area contributed by atoms with Crippen LogP contribution in [-0.2, 0) is 14.3 Å². The van der Waals surface area contributed by atoms with Crippen molar-refractivity contribution >= 4 is 34.9 Å². The maximum atomic E-state index is 11.7. The molecule has 3 N–H and O–H groups in total. The van der Waals surface area contributed by atoms with Crippen LogP contribution < -0.4 is 11.1 Å². The zero-order chi connectivity index (χ0) is 15.3. The second-order valence-electron chi connectivity index (χ2n) is 3.64. The van der Waals surface area contributed by atoms with E-state index in [1.807, 2.05) is 0 Å². The highest BCUT2D eigenvalue weighted by molar-refractivity contribution is 6.34. The van der Waals surface area contributed by atoms with Crippen molar-refractivity contribution in [3.63, 3.8) is 0 Å². The van der Waals surface area contributed by atoms with E-state index in [2.05, 4.69) is 10.1 Å². The van der Waals surface area contributed by atoms with Gasteiger partial charge in [0.05, 0.1) is 22.2 Å². The molecule has 0 aliphatic carbocycles. The summed E-state index contributed by atoms with van der Waals surface area (Å²) < 4.78 is 4.60. The molecule has 0 radical (unpaired) electrons. The molecule has 0 aliphatic heterocycles. The third-order valence-electron chi connectivity index (χ3n) is 2.24. The predicted molar refractivity (Wildman–Crippen MR) is 71.3 cm³/mol. The highest BCUT2D eigenvalue weighted by Gasteiger charge is 2.24. The lowest BCUT2D eigenvalue weighted by Gasteiger charge is -2.12. The number of nitro benzene ring substituents is 1. The molecule has 0 saturated heterocycles. The van der Waals surface area contributed by atoms with Crippen molar-refractivity contribution in [3.8, 4) is 0 Å². The first-order valence-corrected chi connectivity index (χ1v) is 5.91. The van der Waals surface area contributed by atoms with E-state index in [4.69, 9.17) is 17.3 Å².